The van der Waals surface area contributed by atoms with Gasteiger partial charge in [-0.05, 0) is 29.8 Å². The Bertz CT molecular complexity index is 1220. The Morgan fingerprint density at radius 1 is 1.06 bits per heavy atom. The molecule has 3 aromatic rings. The van der Waals surface area contributed by atoms with E-state index in [1.54, 1.807) is 63.5 Å². The summed E-state index contributed by atoms with van der Waals surface area (Å²) in [5.41, 5.74) is 2.68. The molecule has 0 bridgehead atoms. The summed E-state index contributed by atoms with van der Waals surface area (Å²) in [6.45, 7) is 0.224. The van der Waals surface area contributed by atoms with E-state index in [0.717, 1.165) is 5.56 Å². The second-order valence-corrected chi connectivity index (χ2v) is 7.61. The molecule has 0 aliphatic carbocycles. The van der Waals surface area contributed by atoms with Crippen molar-refractivity contribution in [2.24, 2.45) is 0 Å². The molecule has 1 aromatic heterocycles. The Morgan fingerprint density at radius 3 is 2.56 bits per heavy atom. The summed E-state index contributed by atoms with van der Waals surface area (Å²) in [6.07, 6.45) is -0.0878. The highest BCUT2D eigenvalue weighted by molar-refractivity contribution is 6.04. The molecule has 1 atom stereocenters. The summed E-state index contributed by atoms with van der Waals surface area (Å²) in [4.78, 5) is 25.5. The van der Waals surface area contributed by atoms with Crippen molar-refractivity contribution in [3.63, 3.8) is 0 Å². The molecule has 10 nitrogen and oxygen atoms in total. The number of fused-ring (bicyclic) bond motifs is 1. The number of nitrogens with zero attached hydrogens (tertiary/aromatic N) is 2. The molecule has 10 heteroatoms. The van der Waals surface area contributed by atoms with Crippen LogP contribution in [0.3, 0.4) is 0 Å². The summed E-state index contributed by atoms with van der Waals surface area (Å²) < 4.78 is 22.8. The van der Waals surface area contributed by atoms with Gasteiger partial charge in [0.1, 0.15) is 17.6 Å². The fourth-order valence-electron chi connectivity index (χ4n) is 3.94. The lowest BCUT2D eigenvalue weighted by Gasteiger charge is -2.11. The summed E-state index contributed by atoms with van der Waals surface area (Å²) in [5, 5.41) is 10.3. The number of hydrogen-bond donors (Lipinski definition) is 2. The van der Waals surface area contributed by atoms with Crippen molar-refractivity contribution in [2.75, 3.05) is 39.1 Å². The van der Waals surface area contributed by atoms with Crippen LogP contribution in [0.4, 0.5) is 11.5 Å². The molecule has 34 heavy (non-hydrogen) atoms. The number of nitrogens with one attached hydrogen (secondary N) is 2. The van der Waals surface area contributed by atoms with Crippen LogP contribution in [0.5, 0.6) is 17.2 Å². The predicted molar refractivity (Wildman–Crippen MR) is 125 cm³/mol. The van der Waals surface area contributed by atoms with Crippen molar-refractivity contribution in [3.05, 3.63) is 48.2 Å². The Balaban J connectivity index is 1.64. The first-order valence-electron chi connectivity index (χ1n) is 10.6. The van der Waals surface area contributed by atoms with Gasteiger partial charge in [-0.2, -0.15) is 5.10 Å². The lowest BCUT2D eigenvalue weighted by atomic mass is 10.0. The zero-order chi connectivity index (χ0) is 24.2. The summed E-state index contributed by atoms with van der Waals surface area (Å²) in [6, 6.07) is 11.7. The van der Waals surface area contributed by atoms with E-state index in [0.29, 0.717) is 40.0 Å². The lowest BCUT2D eigenvalue weighted by Crippen LogP contribution is -2.24. The Morgan fingerprint density at radius 2 is 1.85 bits per heavy atom. The first-order chi connectivity index (χ1) is 16.5. The van der Waals surface area contributed by atoms with E-state index < -0.39 is 6.04 Å². The van der Waals surface area contributed by atoms with Crippen molar-refractivity contribution < 1.29 is 28.5 Å². The molecule has 1 aliphatic rings. The standard InChI is InChI=1S/C24H26N4O6/c1-31-13-17-22(14-8-9-19(33-3)20(10-14)34-4)23-26-24(30)18(28(23)27-17)12-21(29)25-15-6-5-7-16(11-15)32-2/h5-11,18H,12-13H2,1-4H3,(H,25,29)(H,26,30). The number of benzene rings is 2. The average Bonchev–Trinajstić information content (AvgIpc) is 3.33. The van der Waals surface area contributed by atoms with E-state index in [1.807, 2.05) is 12.1 Å². The van der Waals surface area contributed by atoms with Gasteiger partial charge < -0.3 is 29.6 Å². The number of methoxy groups -OCH3 is 4. The van der Waals surface area contributed by atoms with Crippen LogP contribution < -0.4 is 24.8 Å². The van der Waals surface area contributed by atoms with Crippen LogP contribution >= 0.6 is 0 Å². The second kappa shape index (κ2) is 9.84. The number of carbonyl (C=O) groups excluding carboxylic acids is 2. The van der Waals surface area contributed by atoms with Crippen molar-refractivity contribution in [2.45, 2.75) is 19.1 Å². The van der Waals surface area contributed by atoms with Gasteiger partial charge in [-0.15, -0.1) is 0 Å². The quantitative estimate of drug-likeness (QED) is 0.498. The Kier molecular flexibility index (Phi) is 6.69. The molecule has 2 heterocycles. The van der Waals surface area contributed by atoms with Gasteiger partial charge in [-0.25, -0.2) is 4.68 Å². The highest BCUT2D eigenvalue weighted by atomic mass is 16.5. The molecule has 2 amide bonds. The normalized spacial score (nSPS) is 14.4. The van der Waals surface area contributed by atoms with E-state index in [2.05, 4.69) is 15.7 Å². The number of aromatic nitrogens is 2. The first kappa shape index (κ1) is 23.1. The fraction of sp³-hybridized carbons (Fsp3) is 0.292. The molecule has 1 unspecified atom stereocenters. The number of anilines is 2. The topological polar surface area (TPSA) is 113 Å². The minimum absolute atomic E-state index is 0.0878. The summed E-state index contributed by atoms with van der Waals surface area (Å²) >= 11 is 0. The minimum atomic E-state index is -0.801. The lowest BCUT2D eigenvalue weighted by molar-refractivity contribution is -0.123. The van der Waals surface area contributed by atoms with E-state index in [1.165, 1.54) is 0 Å². The van der Waals surface area contributed by atoms with Crippen LogP contribution in [0.15, 0.2) is 42.5 Å². The second-order valence-electron chi connectivity index (χ2n) is 7.61. The Hall–Kier alpha value is -4.05. The molecule has 0 radical (unpaired) electrons. The van der Waals surface area contributed by atoms with Gasteiger partial charge in [-0.1, -0.05) is 12.1 Å². The van der Waals surface area contributed by atoms with Gasteiger partial charge in [0.15, 0.2) is 11.5 Å². The van der Waals surface area contributed by atoms with Crippen molar-refractivity contribution >= 4 is 23.3 Å². The summed E-state index contributed by atoms with van der Waals surface area (Å²) in [7, 11) is 6.24. The van der Waals surface area contributed by atoms with Crippen molar-refractivity contribution in [1.29, 1.82) is 0 Å². The average molecular weight is 466 g/mol. The smallest absolute Gasteiger partial charge is 0.251 e. The van der Waals surface area contributed by atoms with E-state index in [9.17, 15) is 9.59 Å². The van der Waals surface area contributed by atoms with Gasteiger partial charge in [-0.3, -0.25) is 9.59 Å². The molecule has 0 saturated carbocycles. The highest BCUT2D eigenvalue weighted by Crippen LogP contribution is 2.41. The Labute approximate surface area is 196 Å². The van der Waals surface area contributed by atoms with Crippen LogP contribution in [-0.4, -0.2) is 50.0 Å². The van der Waals surface area contributed by atoms with E-state index >= 15 is 0 Å². The third-order valence-electron chi connectivity index (χ3n) is 5.51. The number of hydrogen-bond acceptors (Lipinski definition) is 7. The molecule has 0 spiro atoms. The number of carbonyl (C=O) groups is 2. The molecule has 0 fully saturated rings. The van der Waals surface area contributed by atoms with Crippen molar-refractivity contribution in [1.82, 2.24) is 9.78 Å². The molecular formula is C24H26N4O6. The molecule has 2 aromatic carbocycles. The molecule has 0 saturated heterocycles. The van der Waals surface area contributed by atoms with Crippen LogP contribution in [0, 0.1) is 0 Å². The van der Waals surface area contributed by atoms with E-state index in [-0.39, 0.29) is 24.8 Å². The van der Waals surface area contributed by atoms with Gasteiger partial charge in [0.25, 0.3) is 5.91 Å². The van der Waals surface area contributed by atoms with Crippen LogP contribution in [-0.2, 0) is 20.9 Å². The third kappa shape index (κ3) is 4.40. The monoisotopic (exact) mass is 466 g/mol. The molecular weight excluding hydrogens is 440 g/mol. The largest absolute Gasteiger partial charge is 0.497 e. The maximum Gasteiger partial charge on any atom is 0.251 e. The predicted octanol–water partition coefficient (Wildman–Crippen LogP) is 3.24. The zero-order valence-corrected chi connectivity index (χ0v) is 19.4. The maximum atomic E-state index is 12.8. The van der Waals surface area contributed by atoms with Crippen molar-refractivity contribution in [3.8, 4) is 28.4 Å². The van der Waals surface area contributed by atoms with Crippen LogP contribution in [0.25, 0.3) is 11.1 Å². The SMILES string of the molecule is COCc1nn2c(c1-c1ccc(OC)c(OC)c1)NC(=O)C2CC(=O)Nc1cccc(OC)c1. The van der Waals surface area contributed by atoms with E-state index in [4.69, 9.17) is 18.9 Å². The first-order valence-corrected chi connectivity index (χ1v) is 10.6. The third-order valence-corrected chi connectivity index (χ3v) is 5.51. The van der Waals surface area contributed by atoms with Crippen LogP contribution in [0.2, 0.25) is 0 Å². The number of ether oxygens (including phenoxy) is 4. The molecule has 1 aliphatic heterocycles. The number of rotatable bonds is 9. The molecule has 178 valence electrons. The number of amides is 2. The molecule has 4 rings (SSSR count). The maximum absolute atomic E-state index is 12.8. The summed E-state index contributed by atoms with van der Waals surface area (Å²) in [5.74, 6) is 1.62. The fourth-order valence-corrected chi connectivity index (χ4v) is 3.94. The van der Waals surface area contributed by atoms with Gasteiger partial charge in [0.05, 0.1) is 45.6 Å². The van der Waals surface area contributed by atoms with Gasteiger partial charge in [0.2, 0.25) is 5.91 Å². The molecule has 2 N–H and O–H groups in total. The van der Waals surface area contributed by atoms with Gasteiger partial charge >= 0.3 is 0 Å². The zero-order valence-electron chi connectivity index (χ0n) is 19.4. The minimum Gasteiger partial charge on any atom is -0.497 e. The highest BCUT2D eigenvalue weighted by Gasteiger charge is 2.37. The van der Waals surface area contributed by atoms with Gasteiger partial charge in [0, 0.05) is 18.9 Å². The van der Waals surface area contributed by atoms with Crippen LogP contribution in [0.1, 0.15) is 18.2 Å².